The highest BCUT2D eigenvalue weighted by molar-refractivity contribution is 7.98. The van der Waals surface area contributed by atoms with Crippen LogP contribution in [0.2, 0.25) is 5.02 Å². The molecule has 0 amide bonds. The maximum atomic E-state index is 6.15. The van der Waals surface area contributed by atoms with E-state index in [1.807, 2.05) is 23.9 Å². The molecule has 1 aromatic carbocycles. The van der Waals surface area contributed by atoms with Gasteiger partial charge in [-0.05, 0) is 24.5 Å². The largest absolute Gasteiger partial charge is 0.313 e. The molecule has 0 bridgehead atoms. The minimum Gasteiger partial charge on any atom is -0.313 e. The van der Waals surface area contributed by atoms with Gasteiger partial charge in [0.25, 0.3) is 0 Å². The van der Waals surface area contributed by atoms with E-state index in [0.29, 0.717) is 0 Å². The molecule has 1 aliphatic rings. The van der Waals surface area contributed by atoms with Crippen molar-refractivity contribution >= 4 is 23.4 Å². The van der Waals surface area contributed by atoms with Gasteiger partial charge in [0.1, 0.15) is 0 Å². The van der Waals surface area contributed by atoms with E-state index in [-0.39, 0.29) is 0 Å². The van der Waals surface area contributed by atoms with Crippen LogP contribution in [0, 0.1) is 0 Å². The first-order valence-corrected chi connectivity index (χ1v) is 8.94. The third kappa shape index (κ3) is 5.76. The molecule has 0 aromatic heterocycles. The van der Waals surface area contributed by atoms with Gasteiger partial charge in [0.2, 0.25) is 0 Å². The Morgan fingerprint density at radius 2 is 1.84 bits per heavy atom. The summed E-state index contributed by atoms with van der Waals surface area (Å²) in [4.78, 5) is 0. The van der Waals surface area contributed by atoms with Crippen molar-refractivity contribution in [2.24, 2.45) is 0 Å². The van der Waals surface area contributed by atoms with Crippen molar-refractivity contribution in [3.8, 4) is 0 Å². The zero-order valence-corrected chi connectivity index (χ0v) is 13.1. The van der Waals surface area contributed by atoms with E-state index in [1.165, 1.54) is 49.8 Å². The molecule has 1 aromatic rings. The molecule has 0 unspecified atom stereocenters. The van der Waals surface area contributed by atoms with Crippen molar-refractivity contribution in [2.75, 3.05) is 12.3 Å². The fourth-order valence-corrected chi connectivity index (χ4v) is 3.78. The molecule has 1 saturated carbocycles. The number of halogens is 1. The molecule has 1 aliphatic carbocycles. The van der Waals surface area contributed by atoms with Crippen molar-refractivity contribution in [3.05, 3.63) is 34.9 Å². The van der Waals surface area contributed by atoms with Crippen molar-refractivity contribution in [2.45, 2.75) is 50.3 Å². The number of nitrogens with one attached hydrogen (secondary N) is 1. The molecule has 2 rings (SSSR count). The minimum absolute atomic E-state index is 0.767. The van der Waals surface area contributed by atoms with Crippen molar-refractivity contribution in [1.82, 2.24) is 5.32 Å². The lowest BCUT2D eigenvalue weighted by atomic mass is 10.1. The Morgan fingerprint density at radius 3 is 2.58 bits per heavy atom. The average Bonchev–Trinajstić information content (AvgIpc) is 2.69. The first-order valence-electron chi connectivity index (χ1n) is 7.41. The molecule has 3 heteroatoms. The first kappa shape index (κ1) is 15.2. The molecule has 106 valence electrons. The Morgan fingerprint density at radius 1 is 1.11 bits per heavy atom. The molecule has 0 spiro atoms. The van der Waals surface area contributed by atoms with Gasteiger partial charge in [-0.2, -0.15) is 11.8 Å². The van der Waals surface area contributed by atoms with Crippen LogP contribution in [0.25, 0.3) is 0 Å². The Kier molecular flexibility index (Phi) is 7.11. The molecule has 0 atom stereocenters. The predicted octanol–water partition coefficient (Wildman–Crippen LogP) is 4.89. The number of hydrogen-bond donors (Lipinski definition) is 1. The summed E-state index contributed by atoms with van der Waals surface area (Å²) in [6.45, 7) is 1.12. The molecule has 19 heavy (non-hydrogen) atoms. The maximum Gasteiger partial charge on any atom is 0.0446 e. The summed E-state index contributed by atoms with van der Waals surface area (Å²) >= 11 is 8.12. The molecule has 1 nitrogen and oxygen atoms in total. The molecule has 0 radical (unpaired) electrons. The van der Waals surface area contributed by atoms with E-state index in [1.54, 1.807) is 0 Å². The lowest BCUT2D eigenvalue weighted by Crippen LogP contribution is -2.30. The standard InChI is InChI=1S/C16H24ClNS/c17-16-10-6-5-7-14(16)13-19-12-11-18-15-8-3-1-2-4-9-15/h5-7,10,15,18H,1-4,8-9,11-13H2. The summed E-state index contributed by atoms with van der Waals surface area (Å²) < 4.78 is 0. The lowest BCUT2D eigenvalue weighted by molar-refractivity contribution is 0.474. The zero-order valence-electron chi connectivity index (χ0n) is 11.5. The first-order chi connectivity index (χ1) is 9.36. The van der Waals surface area contributed by atoms with Gasteiger partial charge in [0.15, 0.2) is 0 Å². The zero-order chi connectivity index (χ0) is 13.3. The molecule has 1 fully saturated rings. The van der Waals surface area contributed by atoms with E-state index in [2.05, 4.69) is 17.4 Å². The van der Waals surface area contributed by atoms with Gasteiger partial charge in [0, 0.05) is 29.1 Å². The van der Waals surface area contributed by atoms with Crippen LogP contribution in [0.3, 0.4) is 0 Å². The molecule has 0 aliphatic heterocycles. The normalized spacial score (nSPS) is 17.3. The summed E-state index contributed by atoms with van der Waals surface area (Å²) in [7, 11) is 0. The number of hydrogen-bond acceptors (Lipinski definition) is 2. The van der Waals surface area contributed by atoms with Crippen molar-refractivity contribution in [1.29, 1.82) is 0 Å². The third-order valence-corrected chi connectivity index (χ3v) is 5.13. The van der Waals surface area contributed by atoms with Gasteiger partial charge in [-0.15, -0.1) is 0 Å². The van der Waals surface area contributed by atoms with Crippen LogP contribution >= 0.6 is 23.4 Å². The van der Waals surface area contributed by atoms with Gasteiger partial charge >= 0.3 is 0 Å². The smallest absolute Gasteiger partial charge is 0.0446 e. The summed E-state index contributed by atoms with van der Waals surface area (Å²) in [6.07, 6.45) is 8.41. The minimum atomic E-state index is 0.767. The molecular formula is C16H24ClNS. The Balaban J connectivity index is 1.58. The number of thioether (sulfide) groups is 1. The molecule has 0 heterocycles. The summed E-state index contributed by atoms with van der Waals surface area (Å²) in [5.41, 5.74) is 1.25. The Hall–Kier alpha value is -0.180. The summed E-state index contributed by atoms with van der Waals surface area (Å²) in [5.74, 6) is 2.19. The highest BCUT2D eigenvalue weighted by atomic mass is 35.5. The quantitative estimate of drug-likeness (QED) is 0.593. The van der Waals surface area contributed by atoms with Gasteiger partial charge < -0.3 is 5.32 Å². The second-order valence-electron chi connectivity index (χ2n) is 5.29. The van der Waals surface area contributed by atoms with Crippen LogP contribution in [-0.2, 0) is 5.75 Å². The van der Waals surface area contributed by atoms with E-state index in [9.17, 15) is 0 Å². The average molecular weight is 298 g/mol. The maximum absolute atomic E-state index is 6.15. The van der Waals surface area contributed by atoms with Gasteiger partial charge in [-0.1, -0.05) is 55.5 Å². The van der Waals surface area contributed by atoms with Gasteiger partial charge in [0.05, 0.1) is 0 Å². The van der Waals surface area contributed by atoms with E-state index >= 15 is 0 Å². The topological polar surface area (TPSA) is 12.0 Å². The van der Waals surface area contributed by atoms with Crippen molar-refractivity contribution in [3.63, 3.8) is 0 Å². The monoisotopic (exact) mass is 297 g/mol. The van der Waals surface area contributed by atoms with Crippen molar-refractivity contribution < 1.29 is 0 Å². The fourth-order valence-electron chi connectivity index (χ4n) is 2.62. The van der Waals surface area contributed by atoms with Crippen LogP contribution in [0.1, 0.15) is 44.1 Å². The highest BCUT2D eigenvalue weighted by Gasteiger charge is 2.10. The van der Waals surface area contributed by atoms with Gasteiger partial charge in [-0.3, -0.25) is 0 Å². The van der Waals surface area contributed by atoms with Crippen LogP contribution < -0.4 is 5.32 Å². The third-order valence-electron chi connectivity index (χ3n) is 3.75. The molecular weight excluding hydrogens is 274 g/mol. The number of benzene rings is 1. The number of rotatable bonds is 6. The van der Waals surface area contributed by atoms with E-state index < -0.39 is 0 Å². The second-order valence-corrected chi connectivity index (χ2v) is 6.80. The predicted molar refractivity (Wildman–Crippen MR) is 87.1 cm³/mol. The van der Waals surface area contributed by atoms with Gasteiger partial charge in [-0.25, -0.2) is 0 Å². The molecule has 1 N–H and O–H groups in total. The summed E-state index contributed by atoms with van der Waals surface area (Å²) in [5, 5.41) is 4.60. The van der Waals surface area contributed by atoms with E-state index in [4.69, 9.17) is 11.6 Å². The fraction of sp³-hybridized carbons (Fsp3) is 0.625. The highest BCUT2D eigenvalue weighted by Crippen LogP contribution is 2.21. The lowest BCUT2D eigenvalue weighted by Gasteiger charge is -2.15. The Bertz CT molecular complexity index is 362. The van der Waals surface area contributed by atoms with E-state index in [0.717, 1.165) is 23.4 Å². The van der Waals surface area contributed by atoms with Crippen LogP contribution in [0.5, 0.6) is 0 Å². The van der Waals surface area contributed by atoms with Crippen LogP contribution in [0.4, 0.5) is 0 Å². The summed E-state index contributed by atoms with van der Waals surface area (Å²) in [6, 6.07) is 8.91. The second kappa shape index (κ2) is 8.89. The van der Waals surface area contributed by atoms with Crippen LogP contribution in [-0.4, -0.2) is 18.3 Å². The molecule has 0 saturated heterocycles. The Labute approximate surface area is 126 Å². The SMILES string of the molecule is Clc1ccccc1CSCCNC1CCCCCC1. The van der Waals surface area contributed by atoms with Crippen LogP contribution in [0.15, 0.2) is 24.3 Å².